The van der Waals surface area contributed by atoms with Gasteiger partial charge in [0.05, 0.1) is 16.1 Å². The average molecular weight is 310 g/mol. The maximum absolute atomic E-state index is 11.7. The van der Waals surface area contributed by atoms with Crippen LogP contribution in [0.5, 0.6) is 0 Å². The molecule has 106 valence electrons. The Morgan fingerprint density at radius 3 is 2.65 bits per heavy atom. The molecule has 2 aromatic rings. The standard InChI is InChI=1S/C13H14N2O3S2/c1-20(17,18)12-5-3-2-4-11(12)15-7-10-6-9(8-19-10)13(14)16/h2-6,8,15H,7H2,1H3,(H2,14,16). The van der Waals surface area contributed by atoms with Crippen LogP contribution in [0.4, 0.5) is 5.69 Å². The fourth-order valence-electron chi connectivity index (χ4n) is 1.72. The Morgan fingerprint density at radius 1 is 1.35 bits per heavy atom. The minimum absolute atomic E-state index is 0.256. The minimum Gasteiger partial charge on any atom is -0.379 e. The SMILES string of the molecule is CS(=O)(=O)c1ccccc1NCc1cc(C(N)=O)cs1. The van der Waals surface area contributed by atoms with Crippen LogP contribution in [0.25, 0.3) is 0 Å². The molecule has 1 amide bonds. The number of hydrogen-bond acceptors (Lipinski definition) is 5. The Bertz CT molecular complexity index is 736. The molecule has 0 saturated carbocycles. The first-order valence-corrected chi connectivity index (χ1v) is 8.55. The summed E-state index contributed by atoms with van der Waals surface area (Å²) in [5.41, 5.74) is 6.19. The van der Waals surface area contributed by atoms with E-state index in [0.717, 1.165) is 4.88 Å². The van der Waals surface area contributed by atoms with Crippen LogP contribution < -0.4 is 11.1 Å². The molecule has 0 fully saturated rings. The van der Waals surface area contributed by atoms with E-state index in [0.29, 0.717) is 17.8 Å². The van der Waals surface area contributed by atoms with Crippen LogP contribution >= 0.6 is 11.3 Å². The summed E-state index contributed by atoms with van der Waals surface area (Å²) in [4.78, 5) is 12.2. The van der Waals surface area contributed by atoms with Gasteiger partial charge in [0.2, 0.25) is 5.91 Å². The van der Waals surface area contributed by atoms with Crippen molar-refractivity contribution in [2.75, 3.05) is 11.6 Å². The van der Waals surface area contributed by atoms with Crippen LogP contribution in [-0.4, -0.2) is 20.6 Å². The monoisotopic (exact) mass is 310 g/mol. The highest BCUT2D eigenvalue weighted by molar-refractivity contribution is 7.90. The zero-order chi connectivity index (χ0) is 14.8. The van der Waals surface area contributed by atoms with E-state index in [1.54, 1.807) is 35.7 Å². The Labute approximate surface area is 121 Å². The van der Waals surface area contributed by atoms with E-state index in [9.17, 15) is 13.2 Å². The first kappa shape index (κ1) is 14.5. The Balaban J connectivity index is 2.17. The van der Waals surface area contributed by atoms with Crippen molar-refractivity contribution in [3.63, 3.8) is 0 Å². The molecule has 0 unspecified atom stereocenters. The van der Waals surface area contributed by atoms with Crippen LogP contribution in [0.15, 0.2) is 40.6 Å². The molecule has 0 saturated heterocycles. The van der Waals surface area contributed by atoms with Crippen molar-refractivity contribution in [1.29, 1.82) is 0 Å². The summed E-state index contributed by atoms with van der Waals surface area (Å²) in [5.74, 6) is -0.468. The second kappa shape index (κ2) is 5.64. The quantitative estimate of drug-likeness (QED) is 0.882. The number of carbonyl (C=O) groups excluding carboxylic acids is 1. The lowest BCUT2D eigenvalue weighted by Crippen LogP contribution is -2.09. The number of benzene rings is 1. The van der Waals surface area contributed by atoms with Crippen molar-refractivity contribution < 1.29 is 13.2 Å². The summed E-state index contributed by atoms with van der Waals surface area (Å²) in [7, 11) is -3.28. The number of para-hydroxylation sites is 1. The lowest BCUT2D eigenvalue weighted by atomic mass is 10.3. The van der Waals surface area contributed by atoms with Crippen molar-refractivity contribution in [3.8, 4) is 0 Å². The minimum atomic E-state index is -3.28. The number of carbonyl (C=O) groups is 1. The van der Waals surface area contributed by atoms with Crippen LogP contribution in [0, 0.1) is 0 Å². The van der Waals surface area contributed by atoms with Gasteiger partial charge in [-0.1, -0.05) is 12.1 Å². The fraction of sp³-hybridized carbons (Fsp3) is 0.154. The van der Waals surface area contributed by atoms with Gasteiger partial charge in [-0.2, -0.15) is 0 Å². The second-order valence-corrected chi connectivity index (χ2v) is 7.27. The van der Waals surface area contributed by atoms with Crippen molar-refractivity contribution in [2.24, 2.45) is 5.73 Å². The summed E-state index contributed by atoms with van der Waals surface area (Å²) in [5, 5.41) is 4.75. The van der Waals surface area contributed by atoms with Gasteiger partial charge in [-0.15, -0.1) is 11.3 Å². The molecule has 0 atom stereocenters. The van der Waals surface area contributed by atoms with E-state index in [1.807, 2.05) is 0 Å². The number of sulfone groups is 1. The summed E-state index contributed by atoms with van der Waals surface area (Å²) in [6, 6.07) is 8.40. The third kappa shape index (κ3) is 3.37. The predicted molar refractivity (Wildman–Crippen MR) is 79.7 cm³/mol. The molecule has 0 aliphatic carbocycles. The second-order valence-electron chi connectivity index (χ2n) is 4.29. The molecule has 0 radical (unpaired) electrons. The van der Waals surface area contributed by atoms with Gasteiger partial charge in [-0.3, -0.25) is 4.79 Å². The van der Waals surface area contributed by atoms with Crippen LogP contribution in [0.1, 0.15) is 15.2 Å². The van der Waals surface area contributed by atoms with Crippen molar-refractivity contribution >= 4 is 32.8 Å². The lowest BCUT2D eigenvalue weighted by Gasteiger charge is -2.09. The normalized spacial score (nSPS) is 11.2. The van der Waals surface area contributed by atoms with E-state index in [2.05, 4.69) is 5.32 Å². The molecular weight excluding hydrogens is 296 g/mol. The van der Waals surface area contributed by atoms with E-state index in [4.69, 9.17) is 5.73 Å². The molecule has 7 heteroatoms. The number of rotatable bonds is 5. The van der Waals surface area contributed by atoms with Gasteiger partial charge >= 0.3 is 0 Å². The van der Waals surface area contributed by atoms with E-state index in [-0.39, 0.29) is 4.90 Å². The van der Waals surface area contributed by atoms with Gasteiger partial charge in [-0.25, -0.2) is 8.42 Å². The van der Waals surface area contributed by atoms with Crippen LogP contribution in [0.3, 0.4) is 0 Å². The van der Waals surface area contributed by atoms with Gasteiger partial charge in [0.25, 0.3) is 0 Å². The molecule has 20 heavy (non-hydrogen) atoms. The maximum atomic E-state index is 11.7. The van der Waals surface area contributed by atoms with E-state index >= 15 is 0 Å². The van der Waals surface area contributed by atoms with Gasteiger partial charge in [0.1, 0.15) is 0 Å². The summed E-state index contributed by atoms with van der Waals surface area (Å²) in [6.45, 7) is 0.435. The highest BCUT2D eigenvalue weighted by atomic mass is 32.2. The summed E-state index contributed by atoms with van der Waals surface area (Å²) >= 11 is 1.40. The van der Waals surface area contributed by atoms with Gasteiger partial charge in [0, 0.05) is 23.1 Å². The third-order valence-corrected chi connectivity index (χ3v) is 4.77. The number of primary amides is 1. The number of nitrogens with one attached hydrogen (secondary N) is 1. The number of amides is 1. The molecule has 0 aliphatic rings. The first-order chi connectivity index (χ1) is 9.38. The van der Waals surface area contributed by atoms with Crippen LogP contribution in [0.2, 0.25) is 0 Å². The first-order valence-electron chi connectivity index (χ1n) is 5.78. The molecule has 1 aromatic heterocycles. The highest BCUT2D eigenvalue weighted by Crippen LogP contribution is 2.22. The third-order valence-electron chi connectivity index (χ3n) is 2.68. The molecule has 0 bridgehead atoms. The molecule has 1 aromatic carbocycles. The summed E-state index contributed by atoms with van der Waals surface area (Å²) in [6.07, 6.45) is 1.17. The smallest absolute Gasteiger partial charge is 0.249 e. The average Bonchev–Trinajstić information content (AvgIpc) is 2.84. The van der Waals surface area contributed by atoms with Crippen molar-refractivity contribution in [2.45, 2.75) is 11.4 Å². The summed E-state index contributed by atoms with van der Waals surface area (Å²) < 4.78 is 23.3. The zero-order valence-corrected chi connectivity index (χ0v) is 12.4. The van der Waals surface area contributed by atoms with Crippen molar-refractivity contribution in [3.05, 3.63) is 46.2 Å². The number of hydrogen-bond donors (Lipinski definition) is 2. The highest BCUT2D eigenvalue weighted by Gasteiger charge is 2.12. The molecule has 1 heterocycles. The van der Waals surface area contributed by atoms with E-state index < -0.39 is 15.7 Å². The van der Waals surface area contributed by atoms with Crippen molar-refractivity contribution in [1.82, 2.24) is 0 Å². The number of nitrogens with two attached hydrogens (primary N) is 1. The van der Waals surface area contributed by atoms with Crippen LogP contribution in [-0.2, 0) is 16.4 Å². The fourth-order valence-corrected chi connectivity index (χ4v) is 3.40. The Morgan fingerprint density at radius 2 is 2.05 bits per heavy atom. The molecule has 5 nitrogen and oxygen atoms in total. The predicted octanol–water partition coefficient (Wildman–Crippen LogP) is 1.86. The largest absolute Gasteiger partial charge is 0.379 e. The molecular formula is C13H14N2O3S2. The Hall–Kier alpha value is -1.86. The maximum Gasteiger partial charge on any atom is 0.249 e. The topological polar surface area (TPSA) is 89.3 Å². The van der Waals surface area contributed by atoms with Gasteiger partial charge in [0.15, 0.2) is 9.84 Å². The molecule has 0 aliphatic heterocycles. The number of thiophene rings is 1. The van der Waals surface area contributed by atoms with E-state index in [1.165, 1.54) is 17.6 Å². The Kier molecular flexibility index (Phi) is 4.10. The number of anilines is 1. The molecule has 0 spiro atoms. The van der Waals surface area contributed by atoms with Gasteiger partial charge < -0.3 is 11.1 Å². The lowest BCUT2D eigenvalue weighted by molar-refractivity contribution is 0.100. The van der Waals surface area contributed by atoms with Gasteiger partial charge in [-0.05, 0) is 18.2 Å². The molecule has 3 N–H and O–H groups in total. The zero-order valence-electron chi connectivity index (χ0n) is 10.8. The molecule has 2 rings (SSSR count).